The third kappa shape index (κ3) is 4.63. The highest BCUT2D eigenvalue weighted by molar-refractivity contribution is 6.82. The van der Waals surface area contributed by atoms with Gasteiger partial charge in [-0.3, -0.25) is 4.90 Å². The van der Waals surface area contributed by atoms with E-state index in [0.717, 1.165) is 18.5 Å². The monoisotopic (exact) mass is 418 g/mol. The number of nitrogens with zero attached hydrogens (tertiary/aromatic N) is 2. The summed E-state index contributed by atoms with van der Waals surface area (Å²) in [4.78, 5) is 2.15. The van der Waals surface area contributed by atoms with Crippen LogP contribution in [0.4, 0.5) is 0 Å². The Bertz CT molecular complexity index is 742. The third-order valence-corrected chi connectivity index (χ3v) is 13.5. The summed E-state index contributed by atoms with van der Waals surface area (Å²) in [6.45, 7) is 18.6. The van der Waals surface area contributed by atoms with Crippen molar-refractivity contribution >= 4 is 19.1 Å². The number of hydrogen-bond acceptors (Lipinski definition) is 3. The molecule has 5 heteroatoms. The second kappa shape index (κ2) is 10.2. The molecule has 2 aromatic rings. The van der Waals surface area contributed by atoms with E-state index in [1.807, 2.05) is 0 Å². The van der Waals surface area contributed by atoms with Crippen LogP contribution in [0.1, 0.15) is 66.6 Å². The van der Waals surface area contributed by atoms with Crippen molar-refractivity contribution in [2.24, 2.45) is 0 Å². The summed E-state index contributed by atoms with van der Waals surface area (Å²) in [6, 6.07) is 8.58. The number of fused-ring (bicyclic) bond motifs is 1. The van der Waals surface area contributed by atoms with Gasteiger partial charge >= 0.3 is 0 Å². The molecule has 1 atom stereocenters. The van der Waals surface area contributed by atoms with Gasteiger partial charge in [0.1, 0.15) is 0 Å². The van der Waals surface area contributed by atoms with Crippen LogP contribution in [-0.4, -0.2) is 53.8 Å². The predicted molar refractivity (Wildman–Crippen MR) is 127 cm³/mol. The molecule has 29 heavy (non-hydrogen) atoms. The van der Waals surface area contributed by atoms with Gasteiger partial charge in [0.2, 0.25) is 0 Å². The summed E-state index contributed by atoms with van der Waals surface area (Å²) in [6.07, 6.45) is 2.74. The van der Waals surface area contributed by atoms with Crippen LogP contribution in [0, 0.1) is 0 Å². The topological polar surface area (TPSA) is 48.6 Å². The molecule has 0 saturated carbocycles. The van der Waals surface area contributed by atoms with E-state index in [1.54, 1.807) is 0 Å². The first-order valence-corrected chi connectivity index (χ1v) is 13.5. The first kappa shape index (κ1) is 24.1. The Kier molecular flexibility index (Phi) is 8.53. The molecule has 0 aliphatic carbocycles. The summed E-state index contributed by atoms with van der Waals surface area (Å²) in [5.74, 6) is 0. The zero-order chi connectivity index (χ0) is 21.8. The highest BCUT2D eigenvalue weighted by Gasteiger charge is 2.45. The molecule has 0 amide bonds. The highest BCUT2D eigenvalue weighted by Crippen LogP contribution is 2.44. The molecule has 0 spiro atoms. The molecule has 0 radical (unpaired) electrons. The van der Waals surface area contributed by atoms with Crippen LogP contribution < -0.4 is 0 Å². The molecule has 1 aromatic carbocycles. The first-order chi connectivity index (χ1) is 13.7. The van der Waals surface area contributed by atoms with Crippen molar-refractivity contribution in [2.75, 3.05) is 26.2 Å². The van der Waals surface area contributed by atoms with Crippen molar-refractivity contribution in [3.05, 3.63) is 36.0 Å². The average Bonchev–Trinajstić information content (AvgIpc) is 3.06. The number of aliphatic hydroxyl groups excluding tert-OH is 2. The van der Waals surface area contributed by atoms with E-state index >= 15 is 0 Å². The van der Waals surface area contributed by atoms with Gasteiger partial charge in [-0.15, -0.1) is 0 Å². The zero-order valence-corrected chi connectivity index (χ0v) is 20.5. The Hall–Kier alpha value is -1.14. The minimum atomic E-state index is -1.84. The van der Waals surface area contributed by atoms with Crippen LogP contribution in [0.25, 0.3) is 10.9 Å². The summed E-state index contributed by atoms with van der Waals surface area (Å²) in [5.41, 5.74) is 4.12. The summed E-state index contributed by atoms with van der Waals surface area (Å²) >= 11 is 0. The van der Waals surface area contributed by atoms with E-state index in [0.29, 0.717) is 29.7 Å². The van der Waals surface area contributed by atoms with Gasteiger partial charge in [0.25, 0.3) is 0 Å². The van der Waals surface area contributed by atoms with Gasteiger partial charge in [0, 0.05) is 24.0 Å². The van der Waals surface area contributed by atoms with Crippen LogP contribution in [-0.2, 0) is 0 Å². The standard InChI is InChI=1S/C24H42N2O2Si/c1-8-13-25(15-16-27)17-24(28)22-10-9-11-23-21(22)12-14-26(23)29(18(2)3,19(4)5)20(6)7/h9-12,14,18-20,24,27-28H,8,13,15-17H2,1-7H3. The van der Waals surface area contributed by atoms with Crippen LogP contribution in [0.3, 0.4) is 0 Å². The van der Waals surface area contributed by atoms with Crippen molar-refractivity contribution < 1.29 is 10.2 Å². The molecule has 2 rings (SSSR count). The Morgan fingerprint density at radius 1 is 0.966 bits per heavy atom. The number of rotatable bonds is 11. The number of benzene rings is 1. The fourth-order valence-corrected chi connectivity index (χ4v) is 12.4. The summed E-state index contributed by atoms with van der Waals surface area (Å²) in [5, 5.41) is 21.6. The first-order valence-electron chi connectivity index (χ1n) is 11.3. The van der Waals surface area contributed by atoms with Crippen LogP contribution in [0.5, 0.6) is 0 Å². The Morgan fingerprint density at radius 2 is 1.59 bits per heavy atom. The normalized spacial score (nSPS) is 14.1. The Morgan fingerprint density at radius 3 is 2.10 bits per heavy atom. The molecular formula is C24H42N2O2Si. The van der Waals surface area contributed by atoms with E-state index in [4.69, 9.17) is 0 Å². The summed E-state index contributed by atoms with van der Waals surface area (Å²) < 4.78 is 2.61. The van der Waals surface area contributed by atoms with Crippen molar-refractivity contribution in [1.82, 2.24) is 9.13 Å². The number of hydrogen-bond donors (Lipinski definition) is 2. The zero-order valence-electron chi connectivity index (χ0n) is 19.5. The molecule has 0 fully saturated rings. The van der Waals surface area contributed by atoms with E-state index < -0.39 is 14.3 Å². The molecule has 1 unspecified atom stereocenters. The van der Waals surface area contributed by atoms with Crippen LogP contribution in [0.15, 0.2) is 30.5 Å². The summed E-state index contributed by atoms with van der Waals surface area (Å²) in [7, 11) is -1.84. The lowest BCUT2D eigenvalue weighted by Gasteiger charge is -2.44. The van der Waals surface area contributed by atoms with Gasteiger partial charge in [-0.05, 0) is 53.5 Å². The molecule has 2 N–H and O–H groups in total. The van der Waals surface area contributed by atoms with E-state index in [-0.39, 0.29) is 6.61 Å². The maximum absolute atomic E-state index is 11.1. The van der Waals surface area contributed by atoms with Gasteiger partial charge in [0.05, 0.1) is 12.7 Å². The SMILES string of the molecule is CCCN(CCO)CC(O)c1cccc2c1ccn2[Si](C(C)C)(C(C)C)C(C)C. The lowest BCUT2D eigenvalue weighted by atomic mass is 10.0. The maximum Gasteiger partial charge on any atom is 0.169 e. The molecule has 164 valence electrons. The van der Waals surface area contributed by atoms with Crippen molar-refractivity contribution in [1.29, 1.82) is 0 Å². The van der Waals surface area contributed by atoms with Gasteiger partial charge in [-0.1, -0.05) is 60.6 Å². The fraction of sp³-hybridized carbons (Fsp3) is 0.667. The average molecular weight is 419 g/mol. The van der Waals surface area contributed by atoms with E-state index in [2.05, 4.69) is 88.1 Å². The third-order valence-electron chi connectivity index (χ3n) is 6.70. The fourth-order valence-electron chi connectivity index (χ4n) is 5.75. The number of aliphatic hydroxyl groups is 2. The van der Waals surface area contributed by atoms with Gasteiger partial charge in [0.15, 0.2) is 8.24 Å². The predicted octanol–water partition coefficient (Wildman–Crippen LogP) is 5.40. The molecule has 0 aliphatic heterocycles. The second-order valence-electron chi connectivity index (χ2n) is 9.36. The smallest absolute Gasteiger partial charge is 0.169 e. The molecule has 0 aliphatic rings. The van der Waals surface area contributed by atoms with Crippen molar-refractivity contribution in [2.45, 2.75) is 77.6 Å². The molecule has 1 aromatic heterocycles. The van der Waals surface area contributed by atoms with Gasteiger partial charge < -0.3 is 14.4 Å². The molecule has 0 saturated heterocycles. The van der Waals surface area contributed by atoms with Crippen molar-refractivity contribution in [3.8, 4) is 0 Å². The Balaban J connectivity index is 2.52. The quantitative estimate of drug-likeness (QED) is 0.480. The van der Waals surface area contributed by atoms with Crippen LogP contribution in [0.2, 0.25) is 16.6 Å². The minimum Gasteiger partial charge on any atom is -0.395 e. The van der Waals surface area contributed by atoms with Crippen molar-refractivity contribution in [3.63, 3.8) is 0 Å². The largest absolute Gasteiger partial charge is 0.395 e. The number of aromatic nitrogens is 1. The highest BCUT2D eigenvalue weighted by atomic mass is 28.3. The molecule has 4 nitrogen and oxygen atoms in total. The van der Waals surface area contributed by atoms with E-state index in [1.165, 1.54) is 10.9 Å². The van der Waals surface area contributed by atoms with Gasteiger partial charge in [-0.25, -0.2) is 0 Å². The maximum atomic E-state index is 11.1. The lowest BCUT2D eigenvalue weighted by molar-refractivity contribution is 0.101. The van der Waals surface area contributed by atoms with Gasteiger partial charge in [-0.2, -0.15) is 0 Å². The molecular weight excluding hydrogens is 376 g/mol. The van der Waals surface area contributed by atoms with Crippen LogP contribution >= 0.6 is 0 Å². The molecule has 0 bridgehead atoms. The Labute approximate surface area is 178 Å². The second-order valence-corrected chi connectivity index (χ2v) is 15.1. The molecule has 1 heterocycles. The van der Waals surface area contributed by atoms with E-state index in [9.17, 15) is 10.2 Å². The minimum absolute atomic E-state index is 0.124. The lowest BCUT2D eigenvalue weighted by Crippen LogP contribution is -2.51.